The average molecular weight is 737 g/mol. The molecule has 5 rings (SSSR count). The number of nitrogens with two attached hydrogens (primary N) is 1. The van der Waals surface area contributed by atoms with Crippen LogP contribution in [0.1, 0.15) is 53.0 Å². The summed E-state index contributed by atoms with van der Waals surface area (Å²) in [5.41, 5.74) is 10.5. The first-order chi connectivity index (χ1) is 24.6. The Labute approximate surface area is 313 Å². The van der Waals surface area contributed by atoms with Gasteiger partial charge in [0.1, 0.15) is 5.75 Å². The first-order valence-electron chi connectivity index (χ1n) is 17.9. The number of nitrogens with zero attached hydrogens (tertiary/aromatic N) is 4. The van der Waals surface area contributed by atoms with E-state index in [0.717, 1.165) is 103 Å². The summed E-state index contributed by atoms with van der Waals surface area (Å²) < 4.78 is 0. The molecule has 51 heavy (non-hydrogen) atoms. The van der Waals surface area contributed by atoms with Gasteiger partial charge in [-0.25, -0.2) is 0 Å². The van der Waals surface area contributed by atoms with E-state index >= 15 is 0 Å². The van der Waals surface area contributed by atoms with Gasteiger partial charge in [-0.1, -0.05) is 50.9 Å². The Bertz CT molecular complexity index is 1770. The number of rotatable bonds is 15. The number of fused-ring (bicyclic) bond motifs is 2. The molecule has 1 atom stereocenters. The van der Waals surface area contributed by atoms with Crippen molar-refractivity contribution in [2.45, 2.75) is 60.0 Å². The number of anilines is 3. The van der Waals surface area contributed by atoms with E-state index in [-0.39, 0.29) is 6.61 Å². The Morgan fingerprint density at radius 1 is 0.765 bits per heavy atom. The second kappa shape index (κ2) is 22.3. The molecule has 0 radical (unpaired) electrons. The summed E-state index contributed by atoms with van der Waals surface area (Å²) in [6, 6.07) is 21.4. The number of nitrogens with one attached hydrogen (secondary N) is 2. The van der Waals surface area contributed by atoms with Crippen LogP contribution in [0.25, 0.3) is 21.8 Å². The van der Waals surface area contributed by atoms with Crippen LogP contribution in [0.3, 0.4) is 0 Å². The first-order valence-corrected chi connectivity index (χ1v) is 18.6. The van der Waals surface area contributed by atoms with E-state index in [9.17, 15) is 5.11 Å². The van der Waals surface area contributed by atoms with E-state index in [2.05, 4.69) is 58.1 Å². The molecule has 0 amide bonds. The van der Waals surface area contributed by atoms with E-state index in [0.29, 0.717) is 21.8 Å². The lowest BCUT2D eigenvalue weighted by molar-refractivity contribution is 0.199. The number of halogens is 2. The van der Waals surface area contributed by atoms with Crippen LogP contribution in [0.4, 0.5) is 17.1 Å². The van der Waals surface area contributed by atoms with Gasteiger partial charge in [-0.15, -0.1) is 0 Å². The number of aromatic hydroxyl groups is 1. The maximum Gasteiger partial charge on any atom is 0.120 e. The number of pyridine rings is 2. The van der Waals surface area contributed by atoms with Crippen molar-refractivity contribution in [2.24, 2.45) is 5.73 Å². The SMILES string of the molecule is CCN.CCN(CC)Cc1cc(Nc2ccnc3cc(Cl)ccc23)ccc1O.CCN(CCO)CCCC(C)Nc1ccnc2cc(Cl)ccc12. The lowest BCUT2D eigenvalue weighted by atomic mass is 10.1. The predicted molar refractivity (Wildman–Crippen MR) is 218 cm³/mol. The fourth-order valence-corrected chi connectivity index (χ4v) is 5.97. The quantitative estimate of drug-likeness (QED) is 0.0671. The second-order valence-corrected chi connectivity index (χ2v) is 13.1. The predicted octanol–water partition coefficient (Wildman–Crippen LogP) is 8.93. The Balaban J connectivity index is 0.000000257. The van der Waals surface area contributed by atoms with Crippen LogP contribution in [0.15, 0.2) is 79.1 Å². The van der Waals surface area contributed by atoms with E-state index in [1.165, 1.54) is 0 Å². The van der Waals surface area contributed by atoms with Gasteiger partial charge in [0, 0.05) is 75.0 Å². The Hall–Kier alpha value is -3.70. The van der Waals surface area contributed by atoms with Gasteiger partial charge in [0.15, 0.2) is 0 Å². The van der Waals surface area contributed by atoms with Crippen LogP contribution in [-0.4, -0.2) is 81.9 Å². The summed E-state index contributed by atoms with van der Waals surface area (Å²) in [5, 5.41) is 29.7. The highest BCUT2D eigenvalue weighted by Crippen LogP contribution is 2.30. The highest BCUT2D eigenvalue weighted by molar-refractivity contribution is 6.31. The lowest BCUT2D eigenvalue weighted by Crippen LogP contribution is -2.28. The Morgan fingerprint density at radius 2 is 1.33 bits per heavy atom. The molecule has 9 nitrogen and oxygen atoms in total. The zero-order valence-corrected chi connectivity index (χ0v) is 32.2. The number of aliphatic hydroxyl groups excluding tert-OH is 1. The summed E-state index contributed by atoms with van der Waals surface area (Å²) >= 11 is 12.1. The number of aromatic nitrogens is 2. The molecule has 0 spiro atoms. The van der Waals surface area contributed by atoms with Gasteiger partial charge in [0.25, 0.3) is 0 Å². The minimum Gasteiger partial charge on any atom is -0.508 e. The van der Waals surface area contributed by atoms with E-state index in [1.807, 2.05) is 73.8 Å². The van der Waals surface area contributed by atoms with Crippen molar-refractivity contribution < 1.29 is 10.2 Å². The van der Waals surface area contributed by atoms with Crippen LogP contribution < -0.4 is 16.4 Å². The maximum absolute atomic E-state index is 10.2. The fourth-order valence-electron chi connectivity index (χ4n) is 5.64. The van der Waals surface area contributed by atoms with Gasteiger partial charge in [-0.2, -0.15) is 0 Å². The number of phenols is 1. The summed E-state index contributed by atoms with van der Waals surface area (Å²) in [4.78, 5) is 13.3. The first kappa shape index (κ1) is 41.7. The van der Waals surface area contributed by atoms with Crippen molar-refractivity contribution in [3.05, 3.63) is 94.7 Å². The highest BCUT2D eigenvalue weighted by atomic mass is 35.5. The van der Waals surface area contributed by atoms with Crippen molar-refractivity contribution in [2.75, 3.05) is 56.5 Å². The number of hydrogen-bond acceptors (Lipinski definition) is 9. The third kappa shape index (κ3) is 13.4. The number of likely N-dealkylation sites (N-methyl/N-ethyl adjacent to an activating group) is 1. The molecule has 1 unspecified atom stereocenters. The smallest absolute Gasteiger partial charge is 0.120 e. The van der Waals surface area contributed by atoms with Crippen molar-refractivity contribution in [1.82, 2.24) is 19.8 Å². The van der Waals surface area contributed by atoms with Gasteiger partial charge < -0.3 is 31.5 Å². The topological polar surface area (TPSA) is 123 Å². The van der Waals surface area contributed by atoms with Gasteiger partial charge in [0.2, 0.25) is 0 Å². The van der Waals surface area contributed by atoms with Crippen molar-refractivity contribution in [1.29, 1.82) is 0 Å². The number of benzene rings is 3. The summed E-state index contributed by atoms with van der Waals surface area (Å²) in [6.45, 7) is 16.8. The largest absolute Gasteiger partial charge is 0.508 e. The molecule has 2 heterocycles. The number of aliphatic hydroxyl groups is 1. The Kier molecular flexibility index (Phi) is 18.2. The van der Waals surface area contributed by atoms with Crippen LogP contribution in [0, 0.1) is 0 Å². The second-order valence-electron chi connectivity index (χ2n) is 12.2. The fraction of sp³-hybridized carbons (Fsp3) is 0.400. The number of hydrogen-bond donors (Lipinski definition) is 5. The lowest BCUT2D eigenvalue weighted by Gasteiger charge is -2.21. The summed E-state index contributed by atoms with van der Waals surface area (Å²) in [7, 11) is 0. The molecular formula is C40H55Cl2N7O2. The van der Waals surface area contributed by atoms with Crippen LogP contribution in [-0.2, 0) is 6.54 Å². The number of phenolic OH excluding ortho intramolecular Hbond substituents is 1. The summed E-state index contributed by atoms with van der Waals surface area (Å²) in [6.07, 6.45) is 5.77. The standard InChI is InChI=1S/C20H22ClN3O.C18H26ClN3O.C2H7N/c1-3-24(4-2)13-14-11-16(6-8-20(14)25)23-18-9-10-22-19-12-15(21)5-7-17(18)19;1-3-22(11-12-23)10-4-5-14(2)21-17-8-9-20-18-13-15(19)6-7-16(17)18;1-2-3/h5-12,25H,3-4,13H2,1-2H3,(H,22,23);6-9,13-14,23H,3-5,10-12H2,1-2H3,(H,20,21);2-3H2,1H3. The minimum absolute atomic E-state index is 0.229. The molecule has 5 aromatic rings. The van der Waals surface area contributed by atoms with Crippen molar-refractivity contribution in [3.63, 3.8) is 0 Å². The third-order valence-corrected chi connectivity index (χ3v) is 8.90. The van der Waals surface area contributed by atoms with E-state index < -0.39 is 0 Å². The minimum atomic E-state index is 0.229. The zero-order chi connectivity index (χ0) is 37.2. The highest BCUT2D eigenvalue weighted by Gasteiger charge is 2.10. The molecule has 276 valence electrons. The van der Waals surface area contributed by atoms with Gasteiger partial charge in [-0.05, 0) is 119 Å². The van der Waals surface area contributed by atoms with Gasteiger partial charge in [0.05, 0.1) is 17.6 Å². The Morgan fingerprint density at radius 3 is 1.90 bits per heavy atom. The van der Waals surface area contributed by atoms with E-state index in [4.69, 9.17) is 34.0 Å². The molecule has 0 fully saturated rings. The normalized spacial score (nSPS) is 11.6. The molecule has 0 bridgehead atoms. The molecule has 0 aliphatic carbocycles. The van der Waals surface area contributed by atoms with E-state index in [1.54, 1.807) is 12.3 Å². The molecule has 0 saturated heterocycles. The average Bonchev–Trinajstić information content (AvgIpc) is 3.12. The maximum atomic E-state index is 10.2. The van der Waals surface area contributed by atoms with Crippen LogP contribution >= 0.6 is 23.2 Å². The van der Waals surface area contributed by atoms with Gasteiger partial charge in [-0.3, -0.25) is 14.9 Å². The molecule has 11 heteroatoms. The van der Waals surface area contributed by atoms with Crippen molar-refractivity contribution in [3.8, 4) is 5.75 Å². The van der Waals surface area contributed by atoms with Crippen molar-refractivity contribution >= 4 is 62.1 Å². The van der Waals surface area contributed by atoms with Crippen LogP contribution in [0.2, 0.25) is 10.0 Å². The molecule has 0 aliphatic rings. The monoisotopic (exact) mass is 735 g/mol. The van der Waals surface area contributed by atoms with Crippen LogP contribution in [0.5, 0.6) is 5.75 Å². The molecule has 0 aliphatic heterocycles. The molecule has 2 aromatic heterocycles. The van der Waals surface area contributed by atoms with Gasteiger partial charge >= 0.3 is 0 Å². The third-order valence-electron chi connectivity index (χ3n) is 8.43. The molecule has 3 aromatic carbocycles. The zero-order valence-electron chi connectivity index (χ0n) is 30.7. The molecular weight excluding hydrogens is 681 g/mol. The molecule has 0 saturated carbocycles. The summed E-state index contributed by atoms with van der Waals surface area (Å²) in [5.74, 6) is 0.323. The molecule has 6 N–H and O–H groups in total.